The van der Waals surface area contributed by atoms with Gasteiger partial charge in [0.1, 0.15) is 5.58 Å². The smallest absolute Gasteiger partial charge is 0.337 e. The van der Waals surface area contributed by atoms with Crippen LogP contribution in [0, 0.1) is 12.0 Å². The number of carboxylic acid groups (broad SMARTS) is 1. The van der Waals surface area contributed by atoms with E-state index >= 15 is 0 Å². The van der Waals surface area contributed by atoms with E-state index in [0.717, 1.165) is 20.8 Å². The number of furan rings is 1. The number of aryl methyl sites for hydroxylation is 1. The normalized spacial score (nSPS) is 11.4. The average molecular weight is 550 g/mol. The second-order valence-corrected chi connectivity index (χ2v) is 11.1. The predicted octanol–water partition coefficient (Wildman–Crippen LogP) is 5.61. The molecule has 6 aromatic rings. The highest BCUT2D eigenvalue weighted by molar-refractivity contribution is 7.89. The number of nitrogens with zero attached hydrogens (tertiary/aromatic N) is 3. The Morgan fingerprint density at radius 2 is 1.77 bits per heavy atom. The molecular weight excluding hydrogens is 526 g/mol. The van der Waals surface area contributed by atoms with Crippen molar-refractivity contribution in [2.45, 2.75) is 11.4 Å². The Morgan fingerprint density at radius 1 is 0.950 bits per heavy atom. The van der Waals surface area contributed by atoms with Gasteiger partial charge in [-0.3, -0.25) is 0 Å². The summed E-state index contributed by atoms with van der Waals surface area (Å²) in [6.45, 7) is -0.0128. The summed E-state index contributed by atoms with van der Waals surface area (Å²) in [5.41, 5.74) is 3.14. The van der Waals surface area contributed by atoms with E-state index in [4.69, 9.17) is 4.42 Å². The number of fused-ring (bicyclic) bond motifs is 2. The Bertz CT molecular complexity index is 2060. The van der Waals surface area contributed by atoms with E-state index in [1.54, 1.807) is 59.4 Å². The van der Waals surface area contributed by atoms with Crippen LogP contribution >= 0.6 is 0 Å². The Kier molecular flexibility index (Phi) is 6.17. The second kappa shape index (κ2) is 9.84. The number of carboxylic acids is 1. The van der Waals surface area contributed by atoms with Gasteiger partial charge in [-0.1, -0.05) is 12.1 Å². The van der Waals surface area contributed by atoms with Gasteiger partial charge in [0.05, 0.1) is 34.5 Å². The SMILES string of the molecule is Cn1ccc2cc(CN(C#Cc3cccc(C(=O)O)c3-n3cccc3)S(=O)(=O)c3ccc4occc4c3)ccc21. The fourth-order valence-corrected chi connectivity index (χ4v) is 5.97. The van der Waals surface area contributed by atoms with Gasteiger partial charge in [-0.15, -0.1) is 0 Å². The molecule has 3 aromatic heterocycles. The van der Waals surface area contributed by atoms with Crippen molar-refractivity contribution in [3.8, 4) is 17.7 Å². The zero-order chi connectivity index (χ0) is 27.9. The number of carbonyl (C=O) groups is 1. The van der Waals surface area contributed by atoms with Crippen molar-refractivity contribution in [3.05, 3.63) is 120 Å². The fourth-order valence-electron chi connectivity index (χ4n) is 4.71. The van der Waals surface area contributed by atoms with Crippen LogP contribution in [0.25, 0.3) is 27.6 Å². The minimum absolute atomic E-state index is 0.0128. The first kappa shape index (κ1) is 25.1. The number of hydrogen-bond donors (Lipinski definition) is 1. The first-order valence-corrected chi connectivity index (χ1v) is 13.8. The van der Waals surface area contributed by atoms with Gasteiger partial charge in [0.15, 0.2) is 0 Å². The zero-order valence-electron chi connectivity index (χ0n) is 21.4. The molecule has 0 aliphatic rings. The second-order valence-electron chi connectivity index (χ2n) is 9.29. The lowest BCUT2D eigenvalue weighted by Crippen LogP contribution is -2.26. The molecule has 0 spiro atoms. The van der Waals surface area contributed by atoms with Gasteiger partial charge in [-0.05, 0) is 83.6 Å². The van der Waals surface area contributed by atoms with Gasteiger partial charge in [-0.2, -0.15) is 0 Å². The van der Waals surface area contributed by atoms with Gasteiger partial charge < -0.3 is 18.7 Å². The van der Waals surface area contributed by atoms with Gasteiger partial charge in [0.2, 0.25) is 0 Å². The van der Waals surface area contributed by atoms with Gasteiger partial charge in [0.25, 0.3) is 10.0 Å². The summed E-state index contributed by atoms with van der Waals surface area (Å²) in [6.07, 6.45) is 6.89. The summed E-state index contributed by atoms with van der Waals surface area (Å²) in [5, 5.41) is 11.5. The quantitative estimate of drug-likeness (QED) is 0.215. The summed E-state index contributed by atoms with van der Waals surface area (Å²) in [5.74, 6) is 1.85. The maximum absolute atomic E-state index is 14.0. The summed E-state index contributed by atoms with van der Waals surface area (Å²) in [7, 11) is -2.14. The van der Waals surface area contributed by atoms with E-state index in [0.29, 0.717) is 22.2 Å². The monoisotopic (exact) mass is 549 g/mol. The number of sulfonamides is 1. The van der Waals surface area contributed by atoms with Crippen LogP contribution in [0.2, 0.25) is 0 Å². The Balaban J connectivity index is 1.48. The first-order chi connectivity index (χ1) is 19.3. The molecule has 0 unspecified atom stereocenters. The van der Waals surface area contributed by atoms with E-state index in [1.165, 1.54) is 18.4 Å². The standard InChI is InChI=1S/C31H23N3O5S/c1-32-16-11-24-19-22(7-9-28(24)32)21-34(40(37,38)26-8-10-29-25(20-26)13-18-39-29)17-12-23-5-4-6-27(31(35)36)30(23)33-14-2-3-15-33/h2-11,13-16,18-20H,21H2,1H3,(H,35,36). The highest BCUT2D eigenvalue weighted by Crippen LogP contribution is 2.26. The lowest BCUT2D eigenvalue weighted by atomic mass is 10.1. The van der Waals surface area contributed by atoms with Crippen LogP contribution < -0.4 is 0 Å². The molecular formula is C31H23N3O5S. The zero-order valence-corrected chi connectivity index (χ0v) is 22.2. The molecule has 0 saturated heterocycles. The van der Waals surface area contributed by atoms with E-state index < -0.39 is 16.0 Å². The molecule has 3 heterocycles. The highest BCUT2D eigenvalue weighted by atomic mass is 32.2. The molecule has 0 fully saturated rings. The largest absolute Gasteiger partial charge is 0.478 e. The molecule has 0 atom stereocenters. The molecule has 40 heavy (non-hydrogen) atoms. The summed E-state index contributed by atoms with van der Waals surface area (Å²) >= 11 is 0. The van der Waals surface area contributed by atoms with Crippen LogP contribution in [0.3, 0.4) is 0 Å². The maximum Gasteiger partial charge on any atom is 0.337 e. The number of para-hydroxylation sites is 1. The number of hydrogen-bond acceptors (Lipinski definition) is 4. The maximum atomic E-state index is 14.0. The van der Waals surface area contributed by atoms with Crippen molar-refractivity contribution in [3.63, 3.8) is 0 Å². The third-order valence-electron chi connectivity index (χ3n) is 6.73. The van der Waals surface area contributed by atoms with Gasteiger partial charge in [-0.25, -0.2) is 17.5 Å². The molecule has 8 nitrogen and oxygen atoms in total. The third kappa shape index (κ3) is 4.51. The number of benzene rings is 3. The summed E-state index contributed by atoms with van der Waals surface area (Å²) in [4.78, 5) is 12.1. The van der Waals surface area contributed by atoms with Crippen molar-refractivity contribution in [1.82, 2.24) is 13.4 Å². The Labute approximate surface area is 230 Å². The molecule has 0 bridgehead atoms. The van der Waals surface area contributed by atoms with Crippen molar-refractivity contribution in [1.29, 1.82) is 0 Å². The molecule has 3 aromatic carbocycles. The van der Waals surface area contributed by atoms with E-state index in [2.05, 4.69) is 12.0 Å². The molecule has 0 saturated carbocycles. The lowest BCUT2D eigenvalue weighted by molar-refractivity contribution is 0.0697. The number of aromatic nitrogens is 2. The molecule has 0 aliphatic heterocycles. The van der Waals surface area contributed by atoms with E-state index in [9.17, 15) is 18.3 Å². The molecule has 198 valence electrons. The molecule has 0 aliphatic carbocycles. The van der Waals surface area contributed by atoms with Gasteiger partial charge >= 0.3 is 5.97 Å². The van der Waals surface area contributed by atoms with Crippen LogP contribution in [-0.4, -0.2) is 32.9 Å². The molecule has 1 N–H and O–H groups in total. The summed E-state index contributed by atoms with van der Waals surface area (Å²) < 4.78 is 38.1. The Hall–Kier alpha value is -5.20. The minimum atomic E-state index is -4.09. The number of aromatic carboxylic acids is 1. The molecule has 0 amide bonds. The molecule has 0 radical (unpaired) electrons. The van der Waals surface area contributed by atoms with Crippen LogP contribution in [0.5, 0.6) is 0 Å². The fraction of sp³-hybridized carbons (Fsp3) is 0.0645. The topological polar surface area (TPSA) is 97.7 Å². The molecule has 6 rings (SSSR count). The Morgan fingerprint density at radius 3 is 2.58 bits per heavy atom. The summed E-state index contributed by atoms with van der Waals surface area (Å²) in [6, 6.07) is 25.3. The highest BCUT2D eigenvalue weighted by Gasteiger charge is 2.24. The predicted molar refractivity (Wildman–Crippen MR) is 151 cm³/mol. The van der Waals surface area contributed by atoms with Crippen LogP contribution in [0.15, 0.2) is 113 Å². The van der Waals surface area contributed by atoms with Gasteiger partial charge in [0, 0.05) is 42.6 Å². The minimum Gasteiger partial charge on any atom is -0.478 e. The van der Waals surface area contributed by atoms with Crippen LogP contribution in [-0.2, 0) is 23.6 Å². The molecule has 9 heteroatoms. The van der Waals surface area contributed by atoms with Crippen molar-refractivity contribution in [2.75, 3.05) is 0 Å². The van der Waals surface area contributed by atoms with Crippen LogP contribution in [0.4, 0.5) is 0 Å². The lowest BCUT2D eigenvalue weighted by Gasteiger charge is -2.19. The van der Waals surface area contributed by atoms with Crippen molar-refractivity contribution >= 4 is 37.9 Å². The van der Waals surface area contributed by atoms with Crippen molar-refractivity contribution < 1.29 is 22.7 Å². The third-order valence-corrected chi connectivity index (χ3v) is 8.38. The van der Waals surface area contributed by atoms with E-state index in [1.807, 2.05) is 42.1 Å². The van der Waals surface area contributed by atoms with Crippen LogP contribution in [0.1, 0.15) is 21.5 Å². The number of rotatable bonds is 6. The van der Waals surface area contributed by atoms with E-state index in [-0.39, 0.29) is 17.0 Å². The first-order valence-electron chi connectivity index (χ1n) is 12.4. The average Bonchev–Trinajstić information content (AvgIpc) is 3.72. The van der Waals surface area contributed by atoms with Crippen molar-refractivity contribution in [2.24, 2.45) is 7.05 Å².